The zero-order valence-corrected chi connectivity index (χ0v) is 13.5. The van der Waals surface area contributed by atoms with Crippen LogP contribution in [-0.2, 0) is 11.3 Å². The zero-order valence-electron chi connectivity index (χ0n) is 12.6. The number of carbonyl (C=O) groups is 1. The van der Waals surface area contributed by atoms with Gasteiger partial charge in [-0.2, -0.15) is 0 Å². The minimum absolute atomic E-state index is 0.0842. The Bertz CT molecular complexity index is 715. The van der Waals surface area contributed by atoms with Crippen LogP contribution in [0.25, 0.3) is 0 Å². The first kappa shape index (κ1) is 16.8. The van der Waals surface area contributed by atoms with Crippen molar-refractivity contribution in [3.8, 4) is 5.75 Å². The monoisotopic (exact) mass is 333 g/mol. The summed E-state index contributed by atoms with van der Waals surface area (Å²) in [7, 11) is 1.57. The molecule has 0 saturated heterocycles. The first-order valence-electron chi connectivity index (χ1n) is 6.67. The molecule has 0 aromatic heterocycles. The van der Waals surface area contributed by atoms with Gasteiger partial charge in [-0.1, -0.05) is 12.1 Å². The van der Waals surface area contributed by atoms with Gasteiger partial charge in [0.05, 0.1) is 22.5 Å². The van der Waals surface area contributed by atoms with Gasteiger partial charge in [0.15, 0.2) is 0 Å². The third-order valence-corrected chi connectivity index (χ3v) is 3.93. The van der Waals surface area contributed by atoms with E-state index in [-0.39, 0.29) is 17.9 Å². The molecule has 0 amide bonds. The minimum atomic E-state index is -0.600. The van der Waals surface area contributed by atoms with Gasteiger partial charge in [0, 0.05) is 6.07 Å². The van der Waals surface area contributed by atoms with Crippen LogP contribution in [-0.4, -0.2) is 24.3 Å². The molecule has 0 radical (unpaired) electrons. The number of hydrogen-bond acceptors (Lipinski definition) is 6. The summed E-state index contributed by atoms with van der Waals surface area (Å²) < 4.78 is 10.2. The summed E-state index contributed by atoms with van der Waals surface area (Å²) in [5, 5.41) is 11.0. The third-order valence-electron chi connectivity index (χ3n) is 3.14. The molecular weight excluding hydrogens is 318 g/mol. The molecule has 7 heteroatoms. The van der Waals surface area contributed by atoms with Crippen LogP contribution in [0.1, 0.15) is 15.9 Å². The van der Waals surface area contributed by atoms with Gasteiger partial charge in [-0.05, 0) is 36.1 Å². The van der Waals surface area contributed by atoms with Gasteiger partial charge < -0.3 is 9.47 Å². The average Bonchev–Trinajstić information content (AvgIpc) is 2.59. The van der Waals surface area contributed by atoms with Gasteiger partial charge >= 0.3 is 5.97 Å². The molecule has 0 atom stereocenters. The number of rotatable bonds is 6. The van der Waals surface area contributed by atoms with Gasteiger partial charge in [-0.15, -0.1) is 11.8 Å². The van der Waals surface area contributed by atoms with Crippen LogP contribution in [0.15, 0.2) is 47.4 Å². The third kappa shape index (κ3) is 4.23. The number of methoxy groups -OCH3 is 1. The summed E-state index contributed by atoms with van der Waals surface area (Å²) in [5.41, 5.74) is 0.855. The van der Waals surface area contributed by atoms with Crippen molar-refractivity contribution in [2.75, 3.05) is 13.4 Å². The average molecular weight is 333 g/mol. The highest BCUT2D eigenvalue weighted by molar-refractivity contribution is 7.98. The van der Waals surface area contributed by atoms with Crippen LogP contribution in [0.4, 0.5) is 5.69 Å². The SMILES string of the molecule is COc1ccc(COC(=O)c2ccc(SC)c([N+](=O)[O-])c2)cc1. The highest BCUT2D eigenvalue weighted by atomic mass is 32.2. The van der Waals surface area contributed by atoms with Gasteiger partial charge in [-0.3, -0.25) is 10.1 Å². The molecule has 0 heterocycles. The molecule has 2 aromatic rings. The molecule has 0 bridgehead atoms. The highest BCUT2D eigenvalue weighted by Crippen LogP contribution is 2.28. The molecule has 0 aliphatic heterocycles. The van der Waals surface area contributed by atoms with Gasteiger partial charge in [0.25, 0.3) is 5.69 Å². The molecule has 2 rings (SSSR count). The number of esters is 1. The zero-order chi connectivity index (χ0) is 16.8. The Hall–Kier alpha value is -2.54. The van der Waals surface area contributed by atoms with E-state index in [9.17, 15) is 14.9 Å². The predicted molar refractivity (Wildman–Crippen MR) is 87.0 cm³/mol. The van der Waals surface area contributed by atoms with E-state index in [1.54, 1.807) is 43.7 Å². The lowest BCUT2D eigenvalue weighted by molar-refractivity contribution is -0.387. The second-order valence-corrected chi connectivity index (χ2v) is 5.42. The molecular formula is C16H15NO5S. The summed E-state index contributed by atoms with van der Waals surface area (Å²) in [4.78, 5) is 23.1. The molecule has 0 unspecified atom stereocenters. The van der Waals surface area contributed by atoms with Crippen LogP contribution >= 0.6 is 11.8 Å². The fourth-order valence-electron chi connectivity index (χ4n) is 1.91. The number of ether oxygens (including phenoxy) is 2. The number of nitrogens with zero attached hydrogens (tertiary/aromatic N) is 1. The quantitative estimate of drug-likeness (QED) is 0.347. The molecule has 0 saturated carbocycles. The van der Waals surface area contributed by atoms with Gasteiger partial charge in [0.1, 0.15) is 12.4 Å². The van der Waals surface area contributed by atoms with Crippen LogP contribution in [0.2, 0.25) is 0 Å². The number of hydrogen-bond donors (Lipinski definition) is 0. The van der Waals surface area contributed by atoms with E-state index in [0.717, 1.165) is 5.56 Å². The Morgan fingerprint density at radius 1 is 1.22 bits per heavy atom. The van der Waals surface area contributed by atoms with Crippen LogP contribution in [0, 0.1) is 10.1 Å². The van der Waals surface area contributed by atoms with Crippen molar-refractivity contribution < 1.29 is 19.2 Å². The van der Waals surface area contributed by atoms with E-state index >= 15 is 0 Å². The first-order chi connectivity index (χ1) is 11.0. The van der Waals surface area contributed by atoms with E-state index in [2.05, 4.69) is 0 Å². The predicted octanol–water partition coefficient (Wildman–Crippen LogP) is 3.68. The maximum atomic E-state index is 12.0. The molecule has 0 spiro atoms. The van der Waals surface area contributed by atoms with E-state index in [4.69, 9.17) is 9.47 Å². The summed E-state index contributed by atoms with van der Waals surface area (Å²) in [5.74, 6) is 0.111. The summed E-state index contributed by atoms with van der Waals surface area (Å²) in [6.07, 6.45) is 1.74. The number of nitro benzene ring substituents is 1. The summed E-state index contributed by atoms with van der Waals surface area (Å²) >= 11 is 1.25. The molecule has 23 heavy (non-hydrogen) atoms. The van der Waals surface area contributed by atoms with Gasteiger partial charge in [0.2, 0.25) is 0 Å². The Morgan fingerprint density at radius 3 is 2.48 bits per heavy atom. The van der Waals surface area contributed by atoms with Crippen molar-refractivity contribution in [2.45, 2.75) is 11.5 Å². The Kier molecular flexibility index (Phi) is 5.59. The Morgan fingerprint density at radius 2 is 1.91 bits per heavy atom. The molecule has 2 aromatic carbocycles. The van der Waals surface area contributed by atoms with E-state index in [1.807, 2.05) is 0 Å². The first-order valence-corrected chi connectivity index (χ1v) is 7.90. The maximum Gasteiger partial charge on any atom is 0.338 e. The molecule has 0 aliphatic rings. The van der Waals surface area contributed by atoms with Crippen molar-refractivity contribution >= 4 is 23.4 Å². The molecule has 0 aliphatic carbocycles. The standard InChI is InChI=1S/C16H15NO5S/c1-21-13-6-3-11(4-7-13)10-22-16(18)12-5-8-15(23-2)14(9-12)17(19)20/h3-9H,10H2,1-2H3. The topological polar surface area (TPSA) is 78.7 Å². The van der Waals surface area contributed by atoms with Crippen molar-refractivity contribution in [2.24, 2.45) is 0 Å². The van der Waals surface area contributed by atoms with Crippen molar-refractivity contribution in [3.63, 3.8) is 0 Å². The molecule has 0 N–H and O–H groups in total. The summed E-state index contributed by atoms with van der Waals surface area (Å²) in [6.45, 7) is 0.0842. The van der Waals surface area contributed by atoms with Crippen LogP contribution in [0.3, 0.4) is 0 Å². The fraction of sp³-hybridized carbons (Fsp3) is 0.188. The number of carbonyl (C=O) groups excluding carboxylic acids is 1. The number of thioether (sulfide) groups is 1. The Labute approximate surface area is 137 Å². The molecule has 120 valence electrons. The maximum absolute atomic E-state index is 12.0. The van der Waals surface area contributed by atoms with Crippen LogP contribution < -0.4 is 4.74 Å². The molecule has 6 nitrogen and oxygen atoms in total. The van der Waals surface area contributed by atoms with Crippen LogP contribution in [0.5, 0.6) is 5.75 Å². The highest BCUT2D eigenvalue weighted by Gasteiger charge is 2.17. The second kappa shape index (κ2) is 7.64. The van der Waals surface area contributed by atoms with E-state index < -0.39 is 10.9 Å². The van der Waals surface area contributed by atoms with Crippen molar-refractivity contribution in [1.29, 1.82) is 0 Å². The second-order valence-electron chi connectivity index (χ2n) is 4.57. The minimum Gasteiger partial charge on any atom is -0.497 e. The van der Waals surface area contributed by atoms with Crippen molar-refractivity contribution in [3.05, 3.63) is 63.7 Å². The summed E-state index contributed by atoms with van der Waals surface area (Å²) in [6, 6.07) is 11.4. The number of nitro groups is 1. The van der Waals surface area contributed by atoms with E-state index in [0.29, 0.717) is 10.6 Å². The van der Waals surface area contributed by atoms with Gasteiger partial charge in [-0.25, -0.2) is 4.79 Å². The normalized spacial score (nSPS) is 10.2. The van der Waals surface area contributed by atoms with Crippen molar-refractivity contribution in [1.82, 2.24) is 0 Å². The lowest BCUT2D eigenvalue weighted by atomic mass is 10.2. The smallest absolute Gasteiger partial charge is 0.338 e. The lowest BCUT2D eigenvalue weighted by Crippen LogP contribution is -2.06. The largest absolute Gasteiger partial charge is 0.497 e. The number of benzene rings is 2. The lowest BCUT2D eigenvalue weighted by Gasteiger charge is -2.07. The Balaban J connectivity index is 2.08. The molecule has 0 fully saturated rings. The van der Waals surface area contributed by atoms with E-state index in [1.165, 1.54) is 23.9 Å². The fourth-order valence-corrected chi connectivity index (χ4v) is 2.46.